The van der Waals surface area contributed by atoms with E-state index in [1.807, 2.05) is 20.9 Å². The number of rotatable bonds is 2. The van der Waals surface area contributed by atoms with E-state index in [-0.39, 0.29) is 12.6 Å². The van der Waals surface area contributed by atoms with E-state index in [1.54, 1.807) is 0 Å². The second-order valence-electron chi connectivity index (χ2n) is 4.55. The van der Waals surface area contributed by atoms with Gasteiger partial charge >= 0.3 is 0 Å². The van der Waals surface area contributed by atoms with E-state index in [0.29, 0.717) is 5.95 Å². The summed E-state index contributed by atoms with van der Waals surface area (Å²) in [5, 5.41) is 17.5. The maximum atomic E-state index is 9.30. The van der Waals surface area contributed by atoms with Crippen LogP contribution in [0.3, 0.4) is 0 Å². The van der Waals surface area contributed by atoms with Gasteiger partial charge in [-0.3, -0.25) is 4.90 Å². The van der Waals surface area contributed by atoms with Gasteiger partial charge in [0.1, 0.15) is 0 Å². The fourth-order valence-corrected chi connectivity index (χ4v) is 1.90. The monoisotopic (exact) mass is 237 g/mol. The maximum absolute atomic E-state index is 9.30. The Hall–Kier alpha value is -1.27. The van der Waals surface area contributed by atoms with Crippen LogP contribution in [0.15, 0.2) is 0 Å². The number of hydrogen-bond donors (Lipinski definition) is 1. The molecule has 1 aromatic rings. The van der Waals surface area contributed by atoms with Gasteiger partial charge in [-0.25, -0.2) is 4.98 Å². The maximum Gasteiger partial charge on any atom is 0.245 e. The first-order valence-corrected chi connectivity index (χ1v) is 5.85. The molecule has 1 atom stereocenters. The van der Waals surface area contributed by atoms with Crippen LogP contribution < -0.4 is 4.90 Å². The van der Waals surface area contributed by atoms with Crippen LogP contribution in [-0.4, -0.2) is 64.5 Å². The molecule has 1 aromatic heterocycles. The van der Waals surface area contributed by atoms with Gasteiger partial charge in [-0.2, -0.15) is 5.10 Å². The van der Waals surface area contributed by atoms with Crippen LogP contribution >= 0.6 is 0 Å². The number of aryl methyl sites for hydroxylation is 2. The molecule has 2 rings (SSSR count). The second-order valence-corrected chi connectivity index (χ2v) is 4.55. The fraction of sp³-hybridized carbons (Fsp3) is 0.727. The van der Waals surface area contributed by atoms with E-state index in [4.69, 9.17) is 0 Å². The number of anilines is 1. The third kappa shape index (κ3) is 2.53. The van der Waals surface area contributed by atoms with E-state index in [2.05, 4.69) is 25.0 Å². The molecular weight excluding hydrogens is 218 g/mol. The Morgan fingerprint density at radius 1 is 1.24 bits per heavy atom. The summed E-state index contributed by atoms with van der Waals surface area (Å²) >= 11 is 0. The Bertz CT molecular complexity index is 397. The van der Waals surface area contributed by atoms with Gasteiger partial charge in [0.05, 0.1) is 24.0 Å². The van der Waals surface area contributed by atoms with Crippen LogP contribution in [0.2, 0.25) is 0 Å². The lowest BCUT2D eigenvalue weighted by molar-refractivity contribution is 0.135. The van der Waals surface area contributed by atoms with Crippen molar-refractivity contribution in [2.24, 2.45) is 0 Å². The van der Waals surface area contributed by atoms with Crippen LogP contribution in [0.25, 0.3) is 0 Å². The minimum atomic E-state index is 0.147. The molecule has 94 valence electrons. The van der Waals surface area contributed by atoms with E-state index in [9.17, 15) is 5.11 Å². The van der Waals surface area contributed by atoms with Crippen LogP contribution in [0.1, 0.15) is 11.4 Å². The Morgan fingerprint density at radius 2 is 2.00 bits per heavy atom. The lowest BCUT2D eigenvalue weighted by Gasteiger charge is -2.38. The molecule has 6 heteroatoms. The van der Waals surface area contributed by atoms with Crippen molar-refractivity contribution < 1.29 is 5.11 Å². The molecule has 1 N–H and O–H groups in total. The molecule has 1 fully saturated rings. The normalized spacial score (nSPS) is 21.9. The molecule has 0 bridgehead atoms. The predicted octanol–water partition coefficient (Wildman–Crippen LogP) is -0.399. The third-order valence-corrected chi connectivity index (χ3v) is 3.35. The average Bonchev–Trinajstić information content (AvgIpc) is 2.33. The highest BCUT2D eigenvalue weighted by Gasteiger charge is 2.25. The Morgan fingerprint density at radius 3 is 2.65 bits per heavy atom. The van der Waals surface area contributed by atoms with E-state index < -0.39 is 0 Å². The molecule has 1 saturated heterocycles. The van der Waals surface area contributed by atoms with Crippen molar-refractivity contribution in [3.63, 3.8) is 0 Å². The van der Waals surface area contributed by atoms with Crippen molar-refractivity contribution in [3.8, 4) is 0 Å². The summed E-state index contributed by atoms with van der Waals surface area (Å²) in [6, 6.07) is 0.147. The Labute approximate surface area is 101 Å². The summed E-state index contributed by atoms with van der Waals surface area (Å²) in [5.74, 6) is 0.666. The number of aromatic nitrogens is 3. The second kappa shape index (κ2) is 4.93. The highest BCUT2D eigenvalue weighted by Crippen LogP contribution is 2.14. The highest BCUT2D eigenvalue weighted by atomic mass is 16.3. The van der Waals surface area contributed by atoms with Crippen LogP contribution in [0.4, 0.5) is 5.95 Å². The molecular formula is C11H19N5O. The predicted molar refractivity (Wildman–Crippen MR) is 65.0 cm³/mol. The van der Waals surface area contributed by atoms with E-state index in [0.717, 1.165) is 31.0 Å². The smallest absolute Gasteiger partial charge is 0.245 e. The standard InChI is InChI=1S/C11H19N5O/c1-8-9(2)13-14-11(12-8)16-5-4-15(3)10(6-16)7-17/h10,17H,4-7H2,1-3H3. The quantitative estimate of drug-likeness (QED) is 0.755. The largest absolute Gasteiger partial charge is 0.395 e. The Balaban J connectivity index is 2.14. The number of piperazine rings is 1. The molecule has 1 unspecified atom stereocenters. The zero-order valence-corrected chi connectivity index (χ0v) is 10.6. The minimum absolute atomic E-state index is 0.147. The molecule has 0 aliphatic carbocycles. The average molecular weight is 237 g/mol. The van der Waals surface area contributed by atoms with Gasteiger partial charge in [-0.15, -0.1) is 5.10 Å². The van der Waals surface area contributed by atoms with Gasteiger partial charge in [-0.05, 0) is 20.9 Å². The van der Waals surface area contributed by atoms with Crippen LogP contribution in [0, 0.1) is 13.8 Å². The summed E-state index contributed by atoms with van der Waals surface area (Å²) in [6.07, 6.45) is 0. The van der Waals surface area contributed by atoms with Crippen molar-refractivity contribution in [1.29, 1.82) is 0 Å². The fourth-order valence-electron chi connectivity index (χ4n) is 1.90. The summed E-state index contributed by atoms with van der Waals surface area (Å²) in [6.45, 7) is 6.52. The molecule has 2 heterocycles. The first-order chi connectivity index (χ1) is 8.11. The lowest BCUT2D eigenvalue weighted by atomic mass is 10.2. The minimum Gasteiger partial charge on any atom is -0.395 e. The Kier molecular flexibility index (Phi) is 3.54. The van der Waals surface area contributed by atoms with Crippen molar-refractivity contribution in [2.45, 2.75) is 19.9 Å². The SMILES string of the molecule is Cc1nnc(N2CCN(C)C(CO)C2)nc1C. The number of likely N-dealkylation sites (N-methyl/N-ethyl adjacent to an activating group) is 1. The van der Waals surface area contributed by atoms with E-state index in [1.165, 1.54) is 0 Å². The summed E-state index contributed by atoms with van der Waals surface area (Å²) in [5.41, 5.74) is 1.77. The number of hydrogen-bond acceptors (Lipinski definition) is 6. The molecule has 0 radical (unpaired) electrons. The van der Waals surface area contributed by atoms with Gasteiger partial charge < -0.3 is 10.0 Å². The number of nitrogens with zero attached hydrogens (tertiary/aromatic N) is 5. The zero-order valence-electron chi connectivity index (χ0n) is 10.6. The summed E-state index contributed by atoms with van der Waals surface area (Å²) in [7, 11) is 2.03. The molecule has 0 saturated carbocycles. The summed E-state index contributed by atoms with van der Waals surface area (Å²) < 4.78 is 0. The van der Waals surface area contributed by atoms with Crippen molar-refractivity contribution in [3.05, 3.63) is 11.4 Å². The van der Waals surface area contributed by atoms with Crippen LogP contribution in [0.5, 0.6) is 0 Å². The number of aliphatic hydroxyl groups excluding tert-OH is 1. The number of aliphatic hydroxyl groups is 1. The van der Waals surface area contributed by atoms with E-state index >= 15 is 0 Å². The molecule has 1 aliphatic rings. The topological polar surface area (TPSA) is 65.4 Å². The first-order valence-electron chi connectivity index (χ1n) is 5.85. The third-order valence-electron chi connectivity index (χ3n) is 3.35. The first kappa shape index (κ1) is 12.2. The summed E-state index contributed by atoms with van der Waals surface area (Å²) in [4.78, 5) is 8.68. The van der Waals surface area contributed by atoms with Gasteiger partial charge in [0.2, 0.25) is 5.95 Å². The zero-order chi connectivity index (χ0) is 12.4. The van der Waals surface area contributed by atoms with Gasteiger partial charge in [0, 0.05) is 19.6 Å². The van der Waals surface area contributed by atoms with Crippen molar-refractivity contribution >= 4 is 5.95 Å². The highest BCUT2D eigenvalue weighted by molar-refractivity contribution is 5.31. The molecule has 0 spiro atoms. The van der Waals surface area contributed by atoms with Gasteiger partial charge in [0.25, 0.3) is 0 Å². The van der Waals surface area contributed by atoms with Crippen molar-refractivity contribution in [1.82, 2.24) is 20.1 Å². The molecule has 6 nitrogen and oxygen atoms in total. The van der Waals surface area contributed by atoms with Crippen molar-refractivity contribution in [2.75, 3.05) is 38.2 Å². The molecule has 17 heavy (non-hydrogen) atoms. The van der Waals surface area contributed by atoms with Gasteiger partial charge in [-0.1, -0.05) is 0 Å². The molecule has 1 aliphatic heterocycles. The van der Waals surface area contributed by atoms with Crippen LogP contribution in [-0.2, 0) is 0 Å². The van der Waals surface area contributed by atoms with Gasteiger partial charge in [0.15, 0.2) is 0 Å². The molecule has 0 amide bonds. The lowest BCUT2D eigenvalue weighted by Crippen LogP contribution is -2.53. The molecule has 0 aromatic carbocycles.